The molecule has 0 spiro atoms. The monoisotopic (exact) mass is 301 g/mol. The Kier molecular flexibility index (Phi) is 3.44. The third-order valence-corrected chi connectivity index (χ3v) is 3.57. The van der Waals surface area contributed by atoms with Crippen LogP contribution in [0, 0.1) is 6.92 Å². The van der Waals surface area contributed by atoms with Crippen LogP contribution >= 0.6 is 11.3 Å². The first-order chi connectivity index (χ1) is 10.1. The summed E-state index contributed by atoms with van der Waals surface area (Å²) in [5, 5.41) is 11.9. The zero-order chi connectivity index (χ0) is 14.8. The molecule has 0 aliphatic carbocycles. The van der Waals surface area contributed by atoms with Crippen molar-refractivity contribution in [1.29, 1.82) is 0 Å². The van der Waals surface area contributed by atoms with Gasteiger partial charge in [-0.25, -0.2) is 4.98 Å². The second kappa shape index (κ2) is 5.41. The molecule has 0 unspecified atom stereocenters. The number of amides is 1. The number of carbonyl (C=O) groups is 1. The standard InChI is InChI=1S/C13H11N5O2S/c1-8-16-17-13(21-8)15-11(19)6-18-7-14-10-5-3-2-4-9(10)12(18)20/h2-5,7H,6H2,1H3,(H,15,17,19). The number of aryl methyl sites for hydroxylation is 1. The molecule has 0 atom stereocenters. The molecule has 0 saturated heterocycles. The molecule has 1 aromatic carbocycles. The fraction of sp³-hybridized carbons (Fsp3) is 0.154. The first kappa shape index (κ1) is 13.4. The Bertz CT molecular complexity index is 870. The van der Waals surface area contributed by atoms with E-state index in [0.717, 1.165) is 5.01 Å². The fourth-order valence-corrected chi connectivity index (χ4v) is 2.49. The highest BCUT2D eigenvalue weighted by molar-refractivity contribution is 7.15. The number of hydrogen-bond donors (Lipinski definition) is 1. The van der Waals surface area contributed by atoms with Gasteiger partial charge in [0, 0.05) is 0 Å². The molecule has 1 amide bonds. The van der Waals surface area contributed by atoms with Crippen molar-refractivity contribution < 1.29 is 4.79 Å². The Labute approximate surface area is 123 Å². The van der Waals surface area contributed by atoms with Crippen molar-refractivity contribution in [2.75, 3.05) is 5.32 Å². The molecule has 3 rings (SSSR count). The van der Waals surface area contributed by atoms with Crippen LogP contribution in [0.4, 0.5) is 5.13 Å². The second-order valence-electron chi connectivity index (χ2n) is 4.37. The largest absolute Gasteiger partial charge is 0.299 e. The van der Waals surface area contributed by atoms with Gasteiger partial charge in [-0.05, 0) is 19.1 Å². The van der Waals surface area contributed by atoms with Gasteiger partial charge in [-0.15, -0.1) is 10.2 Å². The minimum Gasteiger partial charge on any atom is -0.299 e. The van der Waals surface area contributed by atoms with E-state index >= 15 is 0 Å². The van der Waals surface area contributed by atoms with Crippen molar-refractivity contribution in [2.24, 2.45) is 0 Å². The summed E-state index contributed by atoms with van der Waals surface area (Å²) in [7, 11) is 0. The summed E-state index contributed by atoms with van der Waals surface area (Å²) in [5.74, 6) is -0.342. The first-order valence-corrected chi connectivity index (χ1v) is 6.99. The van der Waals surface area contributed by atoms with Crippen LogP contribution in [-0.2, 0) is 11.3 Å². The summed E-state index contributed by atoms with van der Waals surface area (Å²) in [6.07, 6.45) is 1.37. The summed E-state index contributed by atoms with van der Waals surface area (Å²) < 4.78 is 1.27. The third-order valence-electron chi connectivity index (χ3n) is 2.82. The molecule has 106 valence electrons. The SMILES string of the molecule is Cc1nnc(NC(=O)Cn2cnc3ccccc3c2=O)s1. The molecule has 3 aromatic rings. The van der Waals surface area contributed by atoms with E-state index in [1.54, 1.807) is 25.1 Å². The van der Waals surface area contributed by atoms with Crippen LogP contribution in [0.15, 0.2) is 35.4 Å². The molecule has 8 heteroatoms. The molecule has 2 heterocycles. The quantitative estimate of drug-likeness (QED) is 0.785. The van der Waals surface area contributed by atoms with Crippen molar-refractivity contribution in [2.45, 2.75) is 13.5 Å². The van der Waals surface area contributed by atoms with E-state index in [-0.39, 0.29) is 18.0 Å². The van der Waals surface area contributed by atoms with E-state index in [2.05, 4.69) is 20.5 Å². The molecule has 2 aromatic heterocycles. The number of anilines is 1. The zero-order valence-corrected chi connectivity index (χ0v) is 11.9. The van der Waals surface area contributed by atoms with E-state index in [1.165, 1.54) is 22.2 Å². The summed E-state index contributed by atoms with van der Waals surface area (Å²) in [6.45, 7) is 1.68. The third kappa shape index (κ3) is 2.79. The Morgan fingerprint density at radius 1 is 1.33 bits per heavy atom. The van der Waals surface area contributed by atoms with Gasteiger partial charge in [0.25, 0.3) is 5.56 Å². The molecule has 0 fully saturated rings. The van der Waals surface area contributed by atoms with Crippen LogP contribution in [0.1, 0.15) is 5.01 Å². The number of benzene rings is 1. The summed E-state index contributed by atoms with van der Waals surface area (Å²) >= 11 is 1.28. The van der Waals surface area contributed by atoms with E-state index in [1.807, 2.05) is 6.07 Å². The number of fused-ring (bicyclic) bond motifs is 1. The maximum Gasteiger partial charge on any atom is 0.261 e. The Morgan fingerprint density at radius 2 is 2.14 bits per heavy atom. The van der Waals surface area contributed by atoms with Crippen LogP contribution < -0.4 is 10.9 Å². The van der Waals surface area contributed by atoms with Crippen molar-refractivity contribution in [3.63, 3.8) is 0 Å². The molecular formula is C13H11N5O2S. The lowest BCUT2D eigenvalue weighted by atomic mass is 10.2. The van der Waals surface area contributed by atoms with Gasteiger partial charge in [-0.3, -0.25) is 19.5 Å². The first-order valence-electron chi connectivity index (χ1n) is 6.17. The van der Waals surface area contributed by atoms with Gasteiger partial charge in [0.15, 0.2) is 0 Å². The van der Waals surface area contributed by atoms with Gasteiger partial charge in [0.1, 0.15) is 11.6 Å². The number of hydrogen-bond acceptors (Lipinski definition) is 6. The molecule has 0 bridgehead atoms. The lowest BCUT2D eigenvalue weighted by Gasteiger charge is -2.05. The highest BCUT2D eigenvalue weighted by atomic mass is 32.1. The lowest BCUT2D eigenvalue weighted by Crippen LogP contribution is -2.27. The molecule has 0 saturated carbocycles. The lowest BCUT2D eigenvalue weighted by molar-refractivity contribution is -0.116. The number of carbonyl (C=O) groups excluding carboxylic acids is 1. The predicted octanol–water partition coefficient (Wildman–Crippen LogP) is 1.20. The predicted molar refractivity (Wildman–Crippen MR) is 79.3 cm³/mol. The number of para-hydroxylation sites is 1. The summed E-state index contributed by atoms with van der Waals surface area (Å²) in [5.41, 5.74) is 0.364. The van der Waals surface area contributed by atoms with Gasteiger partial charge in [-0.1, -0.05) is 23.5 Å². The van der Waals surface area contributed by atoms with Gasteiger partial charge in [0.2, 0.25) is 11.0 Å². The summed E-state index contributed by atoms with van der Waals surface area (Å²) in [6, 6.07) is 7.02. The van der Waals surface area contributed by atoms with E-state index < -0.39 is 0 Å². The normalized spacial score (nSPS) is 10.7. The average molecular weight is 301 g/mol. The van der Waals surface area contributed by atoms with Crippen molar-refractivity contribution >= 4 is 33.3 Å². The number of nitrogens with zero attached hydrogens (tertiary/aromatic N) is 4. The van der Waals surface area contributed by atoms with Gasteiger partial charge in [0.05, 0.1) is 17.2 Å². The summed E-state index contributed by atoms with van der Waals surface area (Å²) in [4.78, 5) is 28.3. The molecule has 7 nitrogen and oxygen atoms in total. The molecular weight excluding hydrogens is 290 g/mol. The molecule has 0 aliphatic rings. The van der Waals surface area contributed by atoms with Crippen molar-refractivity contribution in [3.8, 4) is 0 Å². The number of aromatic nitrogens is 4. The van der Waals surface area contributed by atoms with Crippen LogP contribution in [0.2, 0.25) is 0 Å². The van der Waals surface area contributed by atoms with Crippen LogP contribution in [0.25, 0.3) is 10.9 Å². The Morgan fingerprint density at radius 3 is 2.90 bits per heavy atom. The zero-order valence-electron chi connectivity index (χ0n) is 11.1. The van der Waals surface area contributed by atoms with Gasteiger partial charge < -0.3 is 0 Å². The minimum atomic E-state index is -0.342. The highest BCUT2D eigenvalue weighted by Crippen LogP contribution is 2.13. The van der Waals surface area contributed by atoms with Crippen LogP contribution in [0.3, 0.4) is 0 Å². The van der Waals surface area contributed by atoms with Crippen molar-refractivity contribution in [1.82, 2.24) is 19.7 Å². The van der Waals surface area contributed by atoms with Gasteiger partial charge >= 0.3 is 0 Å². The number of rotatable bonds is 3. The van der Waals surface area contributed by atoms with Crippen LogP contribution in [-0.4, -0.2) is 25.7 Å². The average Bonchev–Trinajstić information content (AvgIpc) is 2.87. The van der Waals surface area contributed by atoms with Gasteiger partial charge in [-0.2, -0.15) is 0 Å². The van der Waals surface area contributed by atoms with E-state index in [9.17, 15) is 9.59 Å². The Balaban J connectivity index is 1.83. The molecule has 1 N–H and O–H groups in total. The topological polar surface area (TPSA) is 89.8 Å². The molecule has 0 aliphatic heterocycles. The van der Waals surface area contributed by atoms with Crippen molar-refractivity contribution in [3.05, 3.63) is 46.0 Å². The van der Waals surface area contributed by atoms with Crippen LogP contribution in [0.5, 0.6) is 0 Å². The number of nitrogens with one attached hydrogen (secondary N) is 1. The van der Waals surface area contributed by atoms with E-state index in [0.29, 0.717) is 16.0 Å². The minimum absolute atomic E-state index is 0.116. The Hall–Kier alpha value is -2.61. The maximum atomic E-state index is 12.2. The maximum absolute atomic E-state index is 12.2. The second-order valence-corrected chi connectivity index (χ2v) is 5.55. The van der Waals surface area contributed by atoms with E-state index in [4.69, 9.17) is 0 Å². The smallest absolute Gasteiger partial charge is 0.261 e. The molecule has 0 radical (unpaired) electrons. The highest BCUT2D eigenvalue weighted by Gasteiger charge is 2.10. The molecule has 21 heavy (non-hydrogen) atoms. The fourth-order valence-electron chi connectivity index (χ4n) is 1.88.